The van der Waals surface area contributed by atoms with E-state index in [1.54, 1.807) is 7.11 Å². The highest BCUT2D eigenvalue weighted by Crippen LogP contribution is 2.24. The number of benzene rings is 1. The van der Waals surface area contributed by atoms with Crippen LogP contribution < -0.4 is 4.74 Å². The van der Waals surface area contributed by atoms with Crippen LogP contribution in [0.3, 0.4) is 0 Å². The standard InChI is InChI=1S/C16H25NO2.C2H6/c1-19-16-9-7-14(8-10-16)13-17(11-12-18)15-5-3-2-4-6-15;1-2/h7-10,15,18H,2-6,11-13H2,1H3;1-2H3. The van der Waals surface area contributed by atoms with Crippen molar-refractivity contribution < 1.29 is 9.84 Å². The average molecular weight is 293 g/mol. The molecule has 1 saturated carbocycles. The molecule has 0 bridgehead atoms. The third-order valence-corrected chi connectivity index (χ3v) is 4.02. The third kappa shape index (κ3) is 6.06. The summed E-state index contributed by atoms with van der Waals surface area (Å²) in [6, 6.07) is 8.89. The molecule has 0 aromatic heterocycles. The fourth-order valence-electron chi connectivity index (χ4n) is 2.93. The van der Waals surface area contributed by atoms with Crippen molar-refractivity contribution in [3.63, 3.8) is 0 Å². The number of methoxy groups -OCH3 is 1. The SMILES string of the molecule is CC.COc1ccc(CN(CCO)C2CCCCC2)cc1. The van der Waals surface area contributed by atoms with Gasteiger partial charge in [-0.2, -0.15) is 0 Å². The highest BCUT2D eigenvalue weighted by atomic mass is 16.5. The van der Waals surface area contributed by atoms with Gasteiger partial charge in [0.1, 0.15) is 5.75 Å². The van der Waals surface area contributed by atoms with E-state index in [2.05, 4.69) is 17.0 Å². The van der Waals surface area contributed by atoms with Gasteiger partial charge < -0.3 is 9.84 Å². The lowest BCUT2D eigenvalue weighted by Gasteiger charge is -2.34. The molecule has 0 unspecified atom stereocenters. The first kappa shape index (κ1) is 18.0. The van der Waals surface area contributed by atoms with E-state index in [4.69, 9.17) is 4.74 Å². The molecular weight excluding hydrogens is 262 g/mol. The van der Waals surface area contributed by atoms with Crippen molar-refractivity contribution in [2.24, 2.45) is 0 Å². The number of ether oxygens (including phenoxy) is 1. The van der Waals surface area contributed by atoms with Crippen LogP contribution in [0.1, 0.15) is 51.5 Å². The number of hydrogen-bond donors (Lipinski definition) is 1. The van der Waals surface area contributed by atoms with Crippen molar-refractivity contribution in [1.29, 1.82) is 0 Å². The molecule has 1 N–H and O–H groups in total. The maximum Gasteiger partial charge on any atom is 0.118 e. The number of aliphatic hydroxyl groups is 1. The van der Waals surface area contributed by atoms with Crippen LogP contribution in [0, 0.1) is 0 Å². The van der Waals surface area contributed by atoms with Gasteiger partial charge >= 0.3 is 0 Å². The summed E-state index contributed by atoms with van der Waals surface area (Å²) >= 11 is 0. The monoisotopic (exact) mass is 293 g/mol. The Morgan fingerprint density at radius 1 is 1.10 bits per heavy atom. The summed E-state index contributed by atoms with van der Waals surface area (Å²) in [5.74, 6) is 0.898. The van der Waals surface area contributed by atoms with Gasteiger partial charge in [-0.3, -0.25) is 4.90 Å². The van der Waals surface area contributed by atoms with Crippen LogP contribution >= 0.6 is 0 Å². The topological polar surface area (TPSA) is 32.7 Å². The first-order valence-corrected chi connectivity index (χ1v) is 8.31. The Morgan fingerprint density at radius 2 is 1.71 bits per heavy atom. The second-order valence-electron chi connectivity index (χ2n) is 5.33. The Balaban J connectivity index is 0.00000106. The van der Waals surface area contributed by atoms with E-state index in [0.717, 1.165) is 18.8 Å². The number of hydrogen-bond acceptors (Lipinski definition) is 3. The highest BCUT2D eigenvalue weighted by molar-refractivity contribution is 5.27. The molecule has 1 aliphatic rings. The van der Waals surface area contributed by atoms with E-state index in [-0.39, 0.29) is 6.61 Å². The second kappa shape index (κ2) is 10.6. The first-order valence-electron chi connectivity index (χ1n) is 8.31. The van der Waals surface area contributed by atoms with Crippen molar-refractivity contribution in [3.05, 3.63) is 29.8 Å². The molecule has 120 valence electrons. The molecule has 21 heavy (non-hydrogen) atoms. The summed E-state index contributed by atoms with van der Waals surface area (Å²) in [5.41, 5.74) is 1.29. The second-order valence-corrected chi connectivity index (χ2v) is 5.33. The summed E-state index contributed by atoms with van der Waals surface area (Å²) in [6.07, 6.45) is 6.57. The fraction of sp³-hybridized carbons (Fsp3) is 0.667. The average Bonchev–Trinajstić information content (AvgIpc) is 2.58. The molecular formula is C18H31NO2. The molecule has 1 aromatic carbocycles. The summed E-state index contributed by atoms with van der Waals surface area (Å²) < 4.78 is 5.18. The van der Waals surface area contributed by atoms with Gasteiger partial charge in [0.2, 0.25) is 0 Å². The van der Waals surface area contributed by atoms with Crippen molar-refractivity contribution in [3.8, 4) is 5.75 Å². The quantitative estimate of drug-likeness (QED) is 0.865. The Morgan fingerprint density at radius 3 is 2.24 bits per heavy atom. The number of aliphatic hydroxyl groups excluding tert-OH is 1. The minimum atomic E-state index is 0.243. The number of rotatable bonds is 6. The molecule has 3 heteroatoms. The van der Waals surface area contributed by atoms with Crippen LogP contribution in [0.2, 0.25) is 0 Å². The fourth-order valence-corrected chi connectivity index (χ4v) is 2.93. The van der Waals surface area contributed by atoms with E-state index < -0.39 is 0 Å². The molecule has 0 atom stereocenters. The summed E-state index contributed by atoms with van der Waals surface area (Å²) in [6.45, 7) is 5.94. The van der Waals surface area contributed by atoms with Crippen molar-refractivity contribution in [1.82, 2.24) is 4.90 Å². The van der Waals surface area contributed by atoms with E-state index in [1.165, 1.54) is 37.7 Å². The van der Waals surface area contributed by atoms with Gasteiger partial charge in [-0.1, -0.05) is 45.2 Å². The van der Waals surface area contributed by atoms with Gasteiger partial charge in [-0.05, 0) is 30.5 Å². The molecule has 0 spiro atoms. The molecule has 0 saturated heterocycles. The Hall–Kier alpha value is -1.06. The molecule has 1 fully saturated rings. The maximum absolute atomic E-state index is 9.27. The Kier molecular flexibility index (Phi) is 9.11. The van der Waals surface area contributed by atoms with Crippen LogP contribution in [0.4, 0.5) is 0 Å². The van der Waals surface area contributed by atoms with E-state index in [9.17, 15) is 5.11 Å². The van der Waals surface area contributed by atoms with Gasteiger partial charge in [0.05, 0.1) is 13.7 Å². The minimum absolute atomic E-state index is 0.243. The van der Waals surface area contributed by atoms with Gasteiger partial charge in [0, 0.05) is 19.1 Å². The predicted molar refractivity (Wildman–Crippen MR) is 88.7 cm³/mol. The van der Waals surface area contributed by atoms with E-state index in [1.807, 2.05) is 26.0 Å². The van der Waals surface area contributed by atoms with Gasteiger partial charge in [0.15, 0.2) is 0 Å². The molecule has 2 rings (SSSR count). The molecule has 3 nitrogen and oxygen atoms in total. The van der Waals surface area contributed by atoms with Crippen molar-refractivity contribution in [2.75, 3.05) is 20.3 Å². The number of nitrogens with zero attached hydrogens (tertiary/aromatic N) is 1. The van der Waals surface area contributed by atoms with Gasteiger partial charge in [0.25, 0.3) is 0 Å². The Bertz CT molecular complexity index is 358. The molecule has 0 heterocycles. The van der Waals surface area contributed by atoms with Crippen LogP contribution in [0.5, 0.6) is 5.75 Å². The molecule has 1 aliphatic carbocycles. The van der Waals surface area contributed by atoms with Gasteiger partial charge in [-0.25, -0.2) is 0 Å². The lowest BCUT2D eigenvalue weighted by molar-refractivity contribution is 0.117. The predicted octanol–water partition coefficient (Wildman–Crippen LogP) is 3.85. The molecule has 0 amide bonds. The van der Waals surface area contributed by atoms with Crippen LogP contribution in [0.15, 0.2) is 24.3 Å². The lowest BCUT2D eigenvalue weighted by Crippen LogP contribution is -2.38. The van der Waals surface area contributed by atoms with Crippen LogP contribution in [-0.4, -0.2) is 36.3 Å². The third-order valence-electron chi connectivity index (χ3n) is 4.02. The lowest BCUT2D eigenvalue weighted by atomic mass is 9.94. The smallest absolute Gasteiger partial charge is 0.118 e. The molecule has 1 aromatic rings. The van der Waals surface area contributed by atoms with Gasteiger partial charge in [-0.15, -0.1) is 0 Å². The van der Waals surface area contributed by atoms with E-state index in [0.29, 0.717) is 6.04 Å². The Labute approximate surface area is 129 Å². The zero-order valence-electron chi connectivity index (χ0n) is 13.8. The van der Waals surface area contributed by atoms with E-state index >= 15 is 0 Å². The first-order chi connectivity index (χ1) is 10.3. The van der Waals surface area contributed by atoms with Crippen molar-refractivity contribution >= 4 is 0 Å². The molecule has 0 aliphatic heterocycles. The summed E-state index contributed by atoms with van der Waals surface area (Å²) in [5, 5.41) is 9.27. The maximum atomic E-state index is 9.27. The summed E-state index contributed by atoms with van der Waals surface area (Å²) in [7, 11) is 1.69. The zero-order chi connectivity index (χ0) is 15.5. The summed E-state index contributed by atoms with van der Waals surface area (Å²) in [4.78, 5) is 2.43. The zero-order valence-corrected chi connectivity index (χ0v) is 13.8. The normalized spacial score (nSPS) is 15.5. The van der Waals surface area contributed by atoms with Crippen LogP contribution in [0.25, 0.3) is 0 Å². The van der Waals surface area contributed by atoms with Crippen molar-refractivity contribution in [2.45, 2.75) is 58.5 Å². The minimum Gasteiger partial charge on any atom is -0.497 e. The van der Waals surface area contributed by atoms with Crippen LogP contribution in [-0.2, 0) is 6.54 Å². The molecule has 0 radical (unpaired) electrons. The highest BCUT2D eigenvalue weighted by Gasteiger charge is 2.20. The largest absolute Gasteiger partial charge is 0.497 e.